The third-order valence-corrected chi connectivity index (χ3v) is 3.01. The van der Waals surface area contributed by atoms with E-state index in [1.807, 2.05) is 6.07 Å². The van der Waals surface area contributed by atoms with Crippen molar-refractivity contribution >= 4 is 27.4 Å². The number of aromatic nitrogens is 1. The van der Waals surface area contributed by atoms with Crippen LogP contribution in [0.25, 0.3) is 0 Å². The Hall–Kier alpha value is -0.770. The van der Waals surface area contributed by atoms with Crippen LogP contribution >= 0.6 is 15.9 Å². The first-order valence-corrected chi connectivity index (χ1v) is 5.89. The summed E-state index contributed by atoms with van der Waals surface area (Å²) in [5.41, 5.74) is 6.78. The third kappa shape index (κ3) is 3.70. The molecule has 1 aromatic rings. The van der Waals surface area contributed by atoms with Gasteiger partial charge in [0, 0.05) is 17.2 Å². The molecule has 84 valence electrons. The minimum Gasteiger partial charge on any atom is -0.396 e. The van der Waals surface area contributed by atoms with Crippen LogP contribution in [0.4, 0.5) is 11.5 Å². The number of anilines is 2. The maximum atomic E-state index is 5.84. The van der Waals surface area contributed by atoms with Crippen LogP contribution in [0.15, 0.2) is 16.7 Å². The molecule has 0 saturated carbocycles. The van der Waals surface area contributed by atoms with Crippen molar-refractivity contribution in [1.82, 2.24) is 4.98 Å². The zero-order chi connectivity index (χ0) is 11.5. The van der Waals surface area contributed by atoms with E-state index in [1.54, 1.807) is 6.20 Å². The van der Waals surface area contributed by atoms with Crippen LogP contribution in [0.3, 0.4) is 0 Å². The van der Waals surface area contributed by atoms with Gasteiger partial charge in [0.2, 0.25) is 0 Å². The number of rotatable bonds is 4. The molecule has 1 aromatic heterocycles. The number of hydrogen-bond donors (Lipinski definition) is 2. The Morgan fingerprint density at radius 1 is 1.53 bits per heavy atom. The normalized spacial score (nSPS) is 11.5. The number of pyridine rings is 1. The van der Waals surface area contributed by atoms with Gasteiger partial charge in [-0.05, 0) is 33.8 Å². The van der Waals surface area contributed by atoms with Gasteiger partial charge in [-0.25, -0.2) is 4.98 Å². The maximum Gasteiger partial charge on any atom is 0.149 e. The summed E-state index contributed by atoms with van der Waals surface area (Å²) in [5.74, 6) is 0.764. The Morgan fingerprint density at radius 3 is 2.73 bits per heavy atom. The lowest BCUT2D eigenvalue weighted by atomic mass is 9.90. The highest BCUT2D eigenvalue weighted by Gasteiger charge is 2.15. The minimum absolute atomic E-state index is 0.265. The Labute approximate surface area is 99.6 Å². The van der Waals surface area contributed by atoms with Crippen molar-refractivity contribution in [3.63, 3.8) is 0 Å². The van der Waals surface area contributed by atoms with Gasteiger partial charge >= 0.3 is 0 Å². The van der Waals surface area contributed by atoms with E-state index in [-0.39, 0.29) is 5.41 Å². The molecule has 1 heterocycles. The number of nitrogens with one attached hydrogen (secondary N) is 1. The minimum atomic E-state index is 0.265. The molecule has 0 radical (unpaired) electrons. The molecular formula is C11H18BrN3. The van der Waals surface area contributed by atoms with Gasteiger partial charge in [0.15, 0.2) is 0 Å². The van der Waals surface area contributed by atoms with Crippen LogP contribution in [0.5, 0.6) is 0 Å². The van der Waals surface area contributed by atoms with E-state index >= 15 is 0 Å². The fraction of sp³-hybridized carbons (Fsp3) is 0.545. The number of hydrogen-bond acceptors (Lipinski definition) is 3. The Balaban J connectivity index is 2.66. The molecule has 0 unspecified atom stereocenters. The molecule has 0 spiro atoms. The fourth-order valence-electron chi connectivity index (χ4n) is 1.05. The first kappa shape index (κ1) is 12.3. The quantitative estimate of drug-likeness (QED) is 0.884. The molecule has 4 heteroatoms. The molecule has 0 aliphatic heterocycles. The standard InChI is InChI=1S/C11H18BrN3/c1-4-11(2,3)7-15-10-9(13)5-8(12)6-14-10/h5-6H,4,7,13H2,1-3H3,(H,14,15). The van der Waals surface area contributed by atoms with E-state index in [0.29, 0.717) is 5.69 Å². The van der Waals surface area contributed by atoms with Gasteiger partial charge in [0.05, 0.1) is 5.69 Å². The van der Waals surface area contributed by atoms with Crippen LogP contribution in [0.2, 0.25) is 0 Å². The second-order valence-electron chi connectivity index (χ2n) is 4.46. The van der Waals surface area contributed by atoms with Crippen molar-refractivity contribution in [1.29, 1.82) is 0 Å². The molecule has 0 aliphatic carbocycles. The van der Waals surface area contributed by atoms with E-state index < -0.39 is 0 Å². The van der Waals surface area contributed by atoms with Gasteiger partial charge in [-0.1, -0.05) is 20.8 Å². The number of nitrogens with zero attached hydrogens (tertiary/aromatic N) is 1. The summed E-state index contributed by atoms with van der Waals surface area (Å²) in [6, 6.07) is 1.86. The van der Waals surface area contributed by atoms with Crippen LogP contribution < -0.4 is 11.1 Å². The lowest BCUT2D eigenvalue weighted by molar-refractivity contribution is 0.376. The molecule has 0 bridgehead atoms. The Bertz CT molecular complexity index is 337. The molecule has 0 amide bonds. The molecule has 0 aliphatic rings. The second-order valence-corrected chi connectivity index (χ2v) is 5.38. The monoisotopic (exact) mass is 271 g/mol. The molecule has 1 rings (SSSR count). The highest BCUT2D eigenvalue weighted by Crippen LogP contribution is 2.23. The van der Waals surface area contributed by atoms with Crippen molar-refractivity contribution in [3.8, 4) is 0 Å². The summed E-state index contributed by atoms with van der Waals surface area (Å²) in [6.07, 6.45) is 2.87. The van der Waals surface area contributed by atoms with E-state index in [2.05, 4.69) is 47.0 Å². The number of nitrogens with two attached hydrogens (primary N) is 1. The zero-order valence-corrected chi connectivity index (χ0v) is 11.1. The van der Waals surface area contributed by atoms with Crippen molar-refractivity contribution < 1.29 is 0 Å². The van der Waals surface area contributed by atoms with Gasteiger partial charge in [0.1, 0.15) is 5.82 Å². The topological polar surface area (TPSA) is 50.9 Å². The molecule has 0 saturated heterocycles. The fourth-order valence-corrected chi connectivity index (χ4v) is 1.40. The number of halogens is 1. The van der Waals surface area contributed by atoms with Crippen molar-refractivity contribution in [2.45, 2.75) is 27.2 Å². The average molecular weight is 272 g/mol. The molecule has 15 heavy (non-hydrogen) atoms. The Kier molecular flexibility index (Phi) is 3.97. The molecule has 0 fully saturated rings. The van der Waals surface area contributed by atoms with E-state index in [1.165, 1.54) is 0 Å². The molecule has 3 N–H and O–H groups in total. The van der Waals surface area contributed by atoms with Crippen molar-refractivity contribution in [3.05, 3.63) is 16.7 Å². The summed E-state index contributed by atoms with van der Waals surface area (Å²) in [4.78, 5) is 4.23. The average Bonchev–Trinajstić information content (AvgIpc) is 2.16. The maximum absolute atomic E-state index is 5.84. The van der Waals surface area contributed by atoms with Gasteiger partial charge in [-0.3, -0.25) is 0 Å². The summed E-state index contributed by atoms with van der Waals surface area (Å²) >= 11 is 3.33. The molecular weight excluding hydrogens is 254 g/mol. The van der Waals surface area contributed by atoms with E-state index in [4.69, 9.17) is 5.73 Å². The molecule has 3 nitrogen and oxygen atoms in total. The van der Waals surface area contributed by atoms with Gasteiger partial charge in [-0.15, -0.1) is 0 Å². The molecule has 0 atom stereocenters. The highest BCUT2D eigenvalue weighted by atomic mass is 79.9. The van der Waals surface area contributed by atoms with Gasteiger partial charge in [0.25, 0.3) is 0 Å². The summed E-state index contributed by atoms with van der Waals surface area (Å²) < 4.78 is 0.903. The largest absolute Gasteiger partial charge is 0.396 e. The zero-order valence-electron chi connectivity index (χ0n) is 9.47. The summed E-state index contributed by atoms with van der Waals surface area (Å²) in [7, 11) is 0. The SMILES string of the molecule is CCC(C)(C)CNc1ncc(Br)cc1N. The predicted molar refractivity (Wildman–Crippen MR) is 68.9 cm³/mol. The smallest absolute Gasteiger partial charge is 0.149 e. The summed E-state index contributed by atoms with van der Waals surface area (Å²) in [6.45, 7) is 7.49. The van der Waals surface area contributed by atoms with Crippen molar-refractivity contribution in [2.75, 3.05) is 17.6 Å². The van der Waals surface area contributed by atoms with Crippen LogP contribution in [0, 0.1) is 5.41 Å². The predicted octanol–water partition coefficient (Wildman–Crippen LogP) is 3.27. The van der Waals surface area contributed by atoms with Crippen LogP contribution in [-0.4, -0.2) is 11.5 Å². The third-order valence-electron chi connectivity index (χ3n) is 2.58. The van der Waals surface area contributed by atoms with Gasteiger partial charge < -0.3 is 11.1 Å². The lowest BCUT2D eigenvalue weighted by Crippen LogP contribution is -2.22. The van der Waals surface area contributed by atoms with Crippen LogP contribution in [0.1, 0.15) is 27.2 Å². The van der Waals surface area contributed by atoms with Crippen LogP contribution in [-0.2, 0) is 0 Å². The first-order valence-electron chi connectivity index (χ1n) is 5.09. The lowest BCUT2D eigenvalue weighted by Gasteiger charge is -2.23. The summed E-state index contributed by atoms with van der Waals surface area (Å²) in [5, 5.41) is 3.27. The van der Waals surface area contributed by atoms with E-state index in [0.717, 1.165) is 23.3 Å². The number of nitrogen functional groups attached to an aromatic ring is 1. The second kappa shape index (κ2) is 4.84. The first-order chi connectivity index (χ1) is 6.94. The molecule has 0 aromatic carbocycles. The van der Waals surface area contributed by atoms with Crippen molar-refractivity contribution in [2.24, 2.45) is 5.41 Å². The highest BCUT2D eigenvalue weighted by molar-refractivity contribution is 9.10. The Morgan fingerprint density at radius 2 is 2.20 bits per heavy atom. The van der Waals surface area contributed by atoms with E-state index in [9.17, 15) is 0 Å². The van der Waals surface area contributed by atoms with Gasteiger partial charge in [-0.2, -0.15) is 0 Å².